The first-order valence-corrected chi connectivity index (χ1v) is 7.35. The second kappa shape index (κ2) is 4.04. The van der Waals surface area contributed by atoms with Gasteiger partial charge in [-0.1, -0.05) is 0 Å². The first-order valence-electron chi connectivity index (χ1n) is 4.02. The van der Waals surface area contributed by atoms with Crippen molar-refractivity contribution in [3.8, 4) is 5.75 Å². The lowest BCUT2D eigenvalue weighted by Gasteiger charge is -2.07. The van der Waals surface area contributed by atoms with Gasteiger partial charge in [-0.25, -0.2) is 8.42 Å². The van der Waals surface area contributed by atoms with Gasteiger partial charge < -0.3 is 4.74 Å². The highest BCUT2D eigenvalue weighted by Gasteiger charge is 2.22. The summed E-state index contributed by atoms with van der Waals surface area (Å²) < 4.78 is 58.2. The van der Waals surface area contributed by atoms with Crippen molar-refractivity contribution < 1.29 is 26.1 Å². The molecule has 1 rings (SSSR count). The van der Waals surface area contributed by atoms with Gasteiger partial charge in [-0.15, -0.1) is 0 Å². The van der Waals surface area contributed by atoms with Gasteiger partial charge in [0, 0.05) is 12.3 Å². The van der Waals surface area contributed by atoms with E-state index in [2.05, 4.69) is 0 Å². The minimum Gasteiger partial charge on any atom is -0.497 e. The minimum absolute atomic E-state index is 0.139. The van der Waals surface area contributed by atoms with Gasteiger partial charge in [-0.3, -0.25) is 4.55 Å². The Bertz CT molecular complexity index is 599. The molecule has 0 amide bonds. The molecule has 8 heteroatoms. The van der Waals surface area contributed by atoms with E-state index < -0.39 is 29.7 Å². The molecule has 0 saturated carbocycles. The molecule has 0 aliphatic heterocycles. The maximum Gasteiger partial charge on any atom is 0.295 e. The van der Waals surface area contributed by atoms with Crippen LogP contribution in [0.1, 0.15) is 0 Å². The van der Waals surface area contributed by atoms with E-state index in [1.165, 1.54) is 13.2 Å². The zero-order valence-corrected chi connectivity index (χ0v) is 10.2. The maximum absolute atomic E-state index is 11.3. The molecule has 90 valence electrons. The Balaban J connectivity index is 3.66. The number of hydrogen-bond acceptors (Lipinski definition) is 5. The van der Waals surface area contributed by atoms with Gasteiger partial charge in [0.25, 0.3) is 10.1 Å². The molecule has 0 atom stereocenters. The standard InChI is InChI=1S/C8H10O6S2/c1-14-6-3-4-7(15(2,9)10)8(5-6)16(11,12)13/h3-5H,1-2H3,(H,11,12,13). The summed E-state index contributed by atoms with van der Waals surface area (Å²) in [6, 6.07) is 3.31. The van der Waals surface area contributed by atoms with Gasteiger partial charge in [-0.05, 0) is 12.1 Å². The van der Waals surface area contributed by atoms with Crippen molar-refractivity contribution >= 4 is 20.0 Å². The molecule has 6 nitrogen and oxygen atoms in total. The van der Waals surface area contributed by atoms with Gasteiger partial charge in [0.05, 0.1) is 12.0 Å². The molecule has 0 radical (unpaired) electrons. The predicted octanol–water partition coefficient (Wildman–Crippen LogP) is 0.345. The van der Waals surface area contributed by atoms with Crippen LogP contribution in [0.15, 0.2) is 28.0 Å². The van der Waals surface area contributed by atoms with E-state index in [1.54, 1.807) is 0 Å². The molecular formula is C8H10O6S2. The van der Waals surface area contributed by atoms with Crippen molar-refractivity contribution in [1.82, 2.24) is 0 Å². The highest BCUT2D eigenvalue weighted by molar-refractivity contribution is 7.92. The molecule has 0 aliphatic rings. The van der Waals surface area contributed by atoms with Crippen LogP contribution in [0.4, 0.5) is 0 Å². The molecule has 0 fully saturated rings. The highest BCUT2D eigenvalue weighted by atomic mass is 32.2. The zero-order valence-electron chi connectivity index (χ0n) is 8.54. The first-order chi connectivity index (χ1) is 7.16. The SMILES string of the molecule is COc1ccc(S(C)(=O)=O)c(S(=O)(=O)O)c1. The van der Waals surface area contributed by atoms with Crippen LogP contribution in [0.3, 0.4) is 0 Å². The largest absolute Gasteiger partial charge is 0.497 e. The van der Waals surface area contributed by atoms with Crippen LogP contribution in [0.5, 0.6) is 5.75 Å². The summed E-state index contributed by atoms with van der Waals surface area (Å²) >= 11 is 0. The summed E-state index contributed by atoms with van der Waals surface area (Å²) in [4.78, 5) is -1.15. The Hall–Kier alpha value is -1.12. The summed E-state index contributed by atoms with van der Waals surface area (Å²) in [6.45, 7) is 0. The van der Waals surface area contributed by atoms with Crippen LogP contribution in [0, 0.1) is 0 Å². The van der Waals surface area contributed by atoms with Crippen LogP contribution in [0.2, 0.25) is 0 Å². The highest BCUT2D eigenvalue weighted by Crippen LogP contribution is 2.25. The molecule has 1 N–H and O–H groups in total. The Morgan fingerprint density at radius 1 is 1.12 bits per heavy atom. The normalized spacial score (nSPS) is 12.4. The monoisotopic (exact) mass is 266 g/mol. The number of benzene rings is 1. The van der Waals surface area contributed by atoms with Crippen LogP contribution in [-0.2, 0) is 20.0 Å². The fraction of sp³-hybridized carbons (Fsp3) is 0.250. The van der Waals surface area contributed by atoms with Crippen LogP contribution in [-0.4, -0.2) is 34.8 Å². The summed E-state index contributed by atoms with van der Waals surface area (Å²) in [5.74, 6) is 0.139. The molecule has 0 aromatic heterocycles. The summed E-state index contributed by atoms with van der Waals surface area (Å²) in [7, 11) is -7.05. The van der Waals surface area contributed by atoms with Gasteiger partial charge in [0.15, 0.2) is 9.84 Å². The number of rotatable bonds is 3. The molecule has 0 bridgehead atoms. The third-order valence-corrected chi connectivity index (χ3v) is 4.01. The second-order valence-electron chi connectivity index (χ2n) is 3.06. The van der Waals surface area contributed by atoms with Crippen molar-refractivity contribution in [2.45, 2.75) is 9.79 Å². The fourth-order valence-electron chi connectivity index (χ4n) is 1.12. The number of hydrogen-bond donors (Lipinski definition) is 1. The topological polar surface area (TPSA) is 97.7 Å². The Labute approximate surface area is 93.5 Å². The van der Waals surface area contributed by atoms with E-state index in [4.69, 9.17) is 9.29 Å². The van der Waals surface area contributed by atoms with E-state index in [0.717, 1.165) is 18.4 Å². The van der Waals surface area contributed by atoms with Crippen molar-refractivity contribution in [2.75, 3.05) is 13.4 Å². The molecule has 0 unspecified atom stereocenters. The molecule has 16 heavy (non-hydrogen) atoms. The van der Waals surface area contributed by atoms with Gasteiger partial charge >= 0.3 is 0 Å². The van der Waals surface area contributed by atoms with Gasteiger partial charge in [-0.2, -0.15) is 8.42 Å². The van der Waals surface area contributed by atoms with Crippen LogP contribution < -0.4 is 4.74 Å². The van der Waals surface area contributed by atoms with Gasteiger partial charge in [0.2, 0.25) is 0 Å². The molecule has 0 spiro atoms. The predicted molar refractivity (Wildman–Crippen MR) is 55.9 cm³/mol. The lowest BCUT2D eigenvalue weighted by Crippen LogP contribution is -2.08. The van der Waals surface area contributed by atoms with E-state index in [0.29, 0.717) is 0 Å². The lowest BCUT2D eigenvalue weighted by atomic mass is 10.3. The molecular weight excluding hydrogens is 256 g/mol. The van der Waals surface area contributed by atoms with E-state index in [9.17, 15) is 16.8 Å². The Kier molecular flexibility index (Phi) is 3.27. The lowest BCUT2D eigenvalue weighted by molar-refractivity contribution is 0.411. The van der Waals surface area contributed by atoms with Crippen molar-refractivity contribution in [3.63, 3.8) is 0 Å². The number of ether oxygens (including phenoxy) is 1. The summed E-state index contributed by atoms with van der Waals surface area (Å²) in [5.41, 5.74) is 0. The first kappa shape index (κ1) is 12.9. The number of sulfone groups is 1. The molecule has 1 aromatic carbocycles. The summed E-state index contributed by atoms with van der Waals surface area (Å²) in [5, 5.41) is 0. The third kappa shape index (κ3) is 2.71. The number of methoxy groups -OCH3 is 1. The average Bonchev–Trinajstić information content (AvgIpc) is 2.14. The van der Waals surface area contributed by atoms with E-state index in [-0.39, 0.29) is 5.75 Å². The van der Waals surface area contributed by atoms with Crippen molar-refractivity contribution in [1.29, 1.82) is 0 Å². The Morgan fingerprint density at radius 2 is 1.69 bits per heavy atom. The molecule has 1 aromatic rings. The smallest absolute Gasteiger partial charge is 0.295 e. The molecule has 0 heterocycles. The Morgan fingerprint density at radius 3 is 2.06 bits per heavy atom. The summed E-state index contributed by atoms with van der Waals surface area (Å²) in [6.07, 6.45) is 0.851. The minimum atomic E-state index is -4.61. The molecule has 0 saturated heterocycles. The maximum atomic E-state index is 11.3. The quantitative estimate of drug-likeness (QED) is 0.792. The van der Waals surface area contributed by atoms with E-state index in [1.807, 2.05) is 0 Å². The third-order valence-electron chi connectivity index (χ3n) is 1.83. The van der Waals surface area contributed by atoms with Crippen molar-refractivity contribution in [3.05, 3.63) is 18.2 Å². The van der Waals surface area contributed by atoms with E-state index >= 15 is 0 Å². The van der Waals surface area contributed by atoms with Crippen LogP contribution in [0.25, 0.3) is 0 Å². The van der Waals surface area contributed by atoms with Crippen molar-refractivity contribution in [2.24, 2.45) is 0 Å². The van der Waals surface area contributed by atoms with Crippen LogP contribution >= 0.6 is 0 Å². The zero-order chi connectivity index (χ0) is 12.6. The fourth-order valence-corrected chi connectivity index (χ4v) is 3.22. The average molecular weight is 266 g/mol. The van der Waals surface area contributed by atoms with Gasteiger partial charge in [0.1, 0.15) is 10.6 Å². The molecule has 0 aliphatic carbocycles. The second-order valence-corrected chi connectivity index (χ2v) is 6.43.